The van der Waals surface area contributed by atoms with Gasteiger partial charge in [0.05, 0.1) is 17.1 Å². The molecule has 46 heavy (non-hydrogen) atoms. The van der Waals surface area contributed by atoms with Crippen molar-refractivity contribution >= 4 is 34.3 Å². The third kappa shape index (κ3) is 7.35. The Labute approximate surface area is 277 Å². The van der Waals surface area contributed by atoms with Crippen LogP contribution in [0.4, 0.5) is 5.95 Å². The Morgan fingerprint density at radius 3 is 2.35 bits per heavy atom. The van der Waals surface area contributed by atoms with Crippen molar-refractivity contribution < 1.29 is 17.9 Å². The molecule has 2 aliphatic rings. The van der Waals surface area contributed by atoms with Crippen LogP contribution in [0.3, 0.4) is 0 Å². The monoisotopic (exact) mass is 661 g/mol. The molecular weight excluding hydrogens is 622 g/mol. The number of nitrogens with zero attached hydrogens (tertiary/aromatic N) is 4. The van der Waals surface area contributed by atoms with E-state index in [-0.39, 0.29) is 41.1 Å². The van der Waals surface area contributed by atoms with Crippen LogP contribution < -0.4 is 9.46 Å². The van der Waals surface area contributed by atoms with Crippen LogP contribution >= 0.6 is 12.4 Å². The van der Waals surface area contributed by atoms with Gasteiger partial charge in [-0.25, -0.2) is 18.1 Å². The molecule has 2 atom stereocenters. The van der Waals surface area contributed by atoms with E-state index < -0.39 is 16.1 Å². The minimum absolute atomic E-state index is 0. The highest BCUT2D eigenvalue weighted by atomic mass is 35.5. The van der Waals surface area contributed by atoms with Crippen molar-refractivity contribution in [1.82, 2.24) is 19.8 Å². The molecule has 6 rings (SSSR count). The number of anilines is 1. The maximum Gasteiger partial charge on any atom is 0.264 e. The molecule has 2 aliphatic heterocycles. The Morgan fingerprint density at radius 2 is 1.63 bits per heavy atom. The van der Waals surface area contributed by atoms with E-state index in [9.17, 15) is 13.2 Å². The zero-order chi connectivity index (χ0) is 31.7. The fraction of sp³-hybridized carbons (Fsp3) is 0.343. The molecule has 6 bridgehead atoms. The summed E-state index contributed by atoms with van der Waals surface area (Å²) in [5, 5.41) is 0. The van der Waals surface area contributed by atoms with Crippen molar-refractivity contribution in [1.29, 1.82) is 0 Å². The average molecular weight is 662 g/mol. The zero-order valence-corrected chi connectivity index (χ0v) is 28.1. The molecule has 9 nitrogen and oxygen atoms in total. The van der Waals surface area contributed by atoms with Crippen LogP contribution in [0, 0.1) is 19.8 Å². The first-order valence-corrected chi connectivity index (χ1v) is 16.9. The molecule has 1 amide bonds. The van der Waals surface area contributed by atoms with Crippen molar-refractivity contribution in [3.63, 3.8) is 0 Å². The Balaban J connectivity index is 0.00000417. The van der Waals surface area contributed by atoms with Gasteiger partial charge in [-0.15, -0.1) is 12.4 Å². The van der Waals surface area contributed by atoms with Crippen molar-refractivity contribution in [2.75, 3.05) is 24.4 Å². The van der Waals surface area contributed by atoms with E-state index in [1.807, 2.05) is 55.1 Å². The molecule has 1 aromatic heterocycles. The predicted octanol–water partition coefficient (Wildman–Crippen LogP) is 6.12. The lowest BCUT2D eigenvalue weighted by molar-refractivity contribution is 0.0681. The first-order valence-electron chi connectivity index (χ1n) is 15.4. The van der Waals surface area contributed by atoms with E-state index in [1.54, 1.807) is 18.2 Å². The Morgan fingerprint density at radius 1 is 0.913 bits per heavy atom. The summed E-state index contributed by atoms with van der Waals surface area (Å²) in [5.74, 6) is 0.317. The first-order chi connectivity index (χ1) is 21.6. The fourth-order valence-corrected chi connectivity index (χ4v) is 7.37. The maximum absolute atomic E-state index is 14.1. The van der Waals surface area contributed by atoms with Gasteiger partial charge in [0, 0.05) is 42.9 Å². The fourth-order valence-electron chi connectivity index (χ4n) is 6.38. The van der Waals surface area contributed by atoms with E-state index in [0.717, 1.165) is 23.1 Å². The quantitative estimate of drug-likeness (QED) is 0.275. The van der Waals surface area contributed by atoms with E-state index in [1.165, 1.54) is 17.7 Å². The van der Waals surface area contributed by atoms with Crippen LogP contribution in [0.1, 0.15) is 47.3 Å². The highest BCUT2D eigenvalue weighted by Crippen LogP contribution is 2.31. The van der Waals surface area contributed by atoms with Crippen LogP contribution in [-0.2, 0) is 16.6 Å². The summed E-state index contributed by atoms with van der Waals surface area (Å²) in [6.07, 6.45) is 0.444. The van der Waals surface area contributed by atoms with Crippen LogP contribution in [-0.4, -0.2) is 65.9 Å². The number of sulfonamides is 1. The number of ether oxygens (including phenoxy) is 1. The summed E-state index contributed by atoms with van der Waals surface area (Å²) in [5.41, 5.74) is 4.92. The van der Waals surface area contributed by atoms with E-state index in [4.69, 9.17) is 4.74 Å². The summed E-state index contributed by atoms with van der Waals surface area (Å²) in [6, 6.07) is 24.3. The van der Waals surface area contributed by atoms with Gasteiger partial charge in [-0.05, 0) is 61.1 Å². The molecule has 0 spiro atoms. The number of hydrogen-bond donors (Lipinski definition) is 1. The molecule has 0 saturated carbocycles. The van der Waals surface area contributed by atoms with Gasteiger partial charge in [-0.3, -0.25) is 9.69 Å². The number of hydrogen-bond acceptors (Lipinski definition) is 7. The van der Waals surface area contributed by atoms with Gasteiger partial charge in [-0.1, -0.05) is 68.4 Å². The van der Waals surface area contributed by atoms with E-state index >= 15 is 0 Å². The Hall–Kier alpha value is -3.99. The average Bonchev–Trinajstić information content (AvgIpc) is 3.15. The second-order valence-electron chi connectivity index (χ2n) is 12.5. The summed E-state index contributed by atoms with van der Waals surface area (Å²) in [7, 11) is -4.11. The van der Waals surface area contributed by atoms with Crippen LogP contribution in [0.25, 0.3) is 11.3 Å². The molecule has 1 fully saturated rings. The number of aryl methyl sites for hydroxylation is 2. The molecule has 1 saturated heterocycles. The van der Waals surface area contributed by atoms with Gasteiger partial charge in [0.15, 0.2) is 0 Å². The number of carbonyl (C=O) groups is 1. The number of halogens is 1. The Bertz CT molecular complexity index is 1800. The van der Waals surface area contributed by atoms with Crippen LogP contribution in [0.2, 0.25) is 0 Å². The topological polar surface area (TPSA) is 105 Å². The third-order valence-electron chi connectivity index (χ3n) is 8.41. The molecule has 1 N–H and O–H groups in total. The van der Waals surface area contributed by atoms with Crippen molar-refractivity contribution in [2.45, 2.75) is 57.7 Å². The number of amides is 1. The van der Waals surface area contributed by atoms with Gasteiger partial charge < -0.3 is 9.64 Å². The van der Waals surface area contributed by atoms with Gasteiger partial charge in [0.1, 0.15) is 6.10 Å². The number of fused-ring (bicyclic) bond motifs is 6. The van der Waals surface area contributed by atoms with Crippen LogP contribution in [0.15, 0.2) is 83.8 Å². The number of aromatic nitrogens is 2. The lowest BCUT2D eigenvalue weighted by Gasteiger charge is -2.33. The standard InChI is InChI=1S/C35H39N5O4S.ClH/c1-23(2)16-28-20-40-22-29(21-39(28)19-26-12-6-5-7-13-26)44-32-18-31(33-24(3)10-8-11-25(33)4)36-35(37-32)38-45(42,43)30-15-9-14-27(17-30)34(40)41;/h5-15,17-18,23,28-29H,16,19-22H2,1-4H3,(H,36,37,38);1H/t28-,29+;/m0./s1. The number of rotatable bonds is 5. The molecule has 3 aromatic carbocycles. The number of carbonyl (C=O) groups excluding carboxylic acids is 1. The van der Waals surface area contributed by atoms with Gasteiger partial charge >= 0.3 is 0 Å². The summed E-state index contributed by atoms with van der Waals surface area (Å²) < 4.78 is 36.3. The molecule has 242 valence electrons. The zero-order valence-electron chi connectivity index (χ0n) is 26.5. The second kappa shape index (κ2) is 13.8. The SMILES string of the molecule is Cc1cccc(C)c1-c1cc2nc(n1)NS(=O)(=O)c1cccc(c1)C(=O)N1C[C@@H](CN(Cc3ccccc3)[C@@H](CC(C)C)C1)O2.Cl. The highest BCUT2D eigenvalue weighted by Gasteiger charge is 2.35. The molecule has 11 heteroatoms. The molecule has 4 aromatic rings. The largest absolute Gasteiger partial charge is 0.471 e. The number of benzene rings is 3. The Kier molecular flexibility index (Phi) is 10.0. The summed E-state index contributed by atoms with van der Waals surface area (Å²) in [4.78, 5) is 27.5. The maximum atomic E-state index is 14.1. The van der Waals surface area contributed by atoms with Gasteiger partial charge in [0.2, 0.25) is 11.8 Å². The number of nitrogens with one attached hydrogen (secondary N) is 1. The molecular formula is C35H40ClN5O4S. The molecule has 0 aliphatic carbocycles. The van der Waals surface area contributed by atoms with Crippen molar-refractivity contribution in [3.05, 3.63) is 101 Å². The van der Waals surface area contributed by atoms with Crippen molar-refractivity contribution in [3.8, 4) is 17.1 Å². The predicted molar refractivity (Wildman–Crippen MR) is 182 cm³/mol. The van der Waals surface area contributed by atoms with E-state index in [2.05, 4.69) is 45.6 Å². The lowest BCUT2D eigenvalue weighted by atomic mass is 10.00. The minimum atomic E-state index is -4.11. The smallest absolute Gasteiger partial charge is 0.264 e. The van der Waals surface area contributed by atoms with Crippen molar-refractivity contribution in [2.24, 2.45) is 5.92 Å². The summed E-state index contributed by atoms with van der Waals surface area (Å²) >= 11 is 0. The molecule has 0 radical (unpaired) electrons. The van der Waals surface area contributed by atoms with E-state index in [0.29, 0.717) is 43.4 Å². The second-order valence-corrected chi connectivity index (χ2v) is 14.1. The first kappa shape index (κ1) is 33.4. The lowest BCUT2D eigenvalue weighted by Crippen LogP contribution is -2.43. The normalized spacial score (nSPS) is 19.4. The summed E-state index contributed by atoms with van der Waals surface area (Å²) in [6.45, 7) is 10.4. The van der Waals surface area contributed by atoms with Crippen LogP contribution in [0.5, 0.6) is 5.88 Å². The molecule has 0 unspecified atom stereocenters. The van der Waals surface area contributed by atoms with Gasteiger partial charge in [-0.2, -0.15) is 4.98 Å². The van der Waals surface area contributed by atoms with Gasteiger partial charge in [0.25, 0.3) is 15.9 Å². The minimum Gasteiger partial charge on any atom is -0.471 e. The molecule has 3 heterocycles. The third-order valence-corrected chi connectivity index (χ3v) is 9.74. The highest BCUT2D eigenvalue weighted by molar-refractivity contribution is 7.92.